The number of benzene rings is 2. The van der Waals surface area contributed by atoms with E-state index in [0.29, 0.717) is 23.4 Å². The van der Waals surface area contributed by atoms with Crippen molar-refractivity contribution >= 4 is 17.6 Å². The molecular weight excluding hydrogens is 318 g/mol. The molecule has 6 nitrogen and oxygen atoms in total. The van der Waals surface area contributed by atoms with E-state index < -0.39 is 5.97 Å². The van der Waals surface area contributed by atoms with E-state index in [9.17, 15) is 9.59 Å². The Morgan fingerprint density at radius 2 is 1.88 bits per heavy atom. The number of imidazole rings is 1. The summed E-state index contributed by atoms with van der Waals surface area (Å²) < 4.78 is 6.68. The zero-order valence-electron chi connectivity index (χ0n) is 13.7. The van der Waals surface area contributed by atoms with E-state index in [2.05, 4.69) is 10.3 Å². The van der Waals surface area contributed by atoms with Gasteiger partial charge in [-0.1, -0.05) is 24.3 Å². The maximum Gasteiger partial charge on any atom is 0.339 e. The Kier molecular flexibility index (Phi) is 4.89. The number of esters is 1. The summed E-state index contributed by atoms with van der Waals surface area (Å²) in [5, 5.41) is 2.75. The molecule has 6 heteroatoms. The first-order valence-corrected chi connectivity index (χ1v) is 7.71. The fourth-order valence-electron chi connectivity index (χ4n) is 2.43. The fraction of sp³-hybridized carbons (Fsp3) is 0.105. The number of nitrogens with one attached hydrogen (secondary N) is 1. The Hall–Kier alpha value is -3.41. The first-order valence-electron chi connectivity index (χ1n) is 7.71. The number of anilines is 1. The third kappa shape index (κ3) is 3.92. The molecule has 0 saturated heterocycles. The van der Waals surface area contributed by atoms with Crippen molar-refractivity contribution in [2.24, 2.45) is 0 Å². The largest absolute Gasteiger partial charge is 0.465 e. The number of ether oxygens (including phenoxy) is 1. The average molecular weight is 335 g/mol. The Bertz CT molecular complexity index is 871. The lowest BCUT2D eigenvalue weighted by Gasteiger charge is -2.10. The number of hydrogen-bond donors (Lipinski definition) is 1. The van der Waals surface area contributed by atoms with Crippen molar-refractivity contribution in [1.29, 1.82) is 0 Å². The Balaban J connectivity index is 1.72. The lowest BCUT2D eigenvalue weighted by Crippen LogP contribution is -2.15. The molecule has 0 aliphatic heterocycles. The topological polar surface area (TPSA) is 73.2 Å². The predicted molar refractivity (Wildman–Crippen MR) is 93.5 cm³/mol. The van der Waals surface area contributed by atoms with Crippen LogP contribution >= 0.6 is 0 Å². The quantitative estimate of drug-likeness (QED) is 0.728. The van der Waals surface area contributed by atoms with Gasteiger partial charge in [0.2, 0.25) is 0 Å². The lowest BCUT2D eigenvalue weighted by atomic mass is 10.1. The lowest BCUT2D eigenvalue weighted by molar-refractivity contribution is 0.0602. The third-order valence-electron chi connectivity index (χ3n) is 3.72. The van der Waals surface area contributed by atoms with Crippen LogP contribution in [0.5, 0.6) is 0 Å². The third-order valence-corrected chi connectivity index (χ3v) is 3.72. The Morgan fingerprint density at radius 1 is 1.12 bits per heavy atom. The SMILES string of the molecule is COC(=O)c1ccccc1NC(=O)c1ccc(Cn2ccnc2)cc1. The van der Waals surface area contributed by atoms with Crippen molar-refractivity contribution in [2.75, 3.05) is 12.4 Å². The molecule has 126 valence electrons. The van der Waals surface area contributed by atoms with Gasteiger partial charge in [0.25, 0.3) is 5.91 Å². The highest BCUT2D eigenvalue weighted by Crippen LogP contribution is 2.17. The minimum atomic E-state index is -0.494. The van der Waals surface area contributed by atoms with E-state index in [-0.39, 0.29) is 5.91 Å². The minimum absolute atomic E-state index is 0.287. The van der Waals surface area contributed by atoms with Gasteiger partial charge in [0.05, 0.1) is 24.7 Å². The highest BCUT2D eigenvalue weighted by molar-refractivity contribution is 6.07. The first-order chi connectivity index (χ1) is 12.2. The van der Waals surface area contributed by atoms with Crippen molar-refractivity contribution in [3.05, 3.63) is 83.9 Å². The van der Waals surface area contributed by atoms with E-state index in [1.54, 1.807) is 48.9 Å². The number of methoxy groups -OCH3 is 1. The second-order valence-electron chi connectivity index (χ2n) is 5.42. The van der Waals surface area contributed by atoms with Crippen LogP contribution in [0, 0.1) is 0 Å². The van der Waals surface area contributed by atoms with Gasteiger partial charge in [-0.05, 0) is 29.8 Å². The van der Waals surface area contributed by atoms with Crippen molar-refractivity contribution in [3.8, 4) is 0 Å². The molecule has 0 spiro atoms. The summed E-state index contributed by atoms with van der Waals surface area (Å²) >= 11 is 0. The molecule has 1 aromatic heterocycles. The summed E-state index contributed by atoms with van der Waals surface area (Å²) in [6.45, 7) is 0.688. The Labute approximate surface area is 145 Å². The van der Waals surface area contributed by atoms with Gasteiger partial charge in [0.1, 0.15) is 0 Å². The molecule has 1 heterocycles. The van der Waals surface area contributed by atoms with Crippen molar-refractivity contribution in [3.63, 3.8) is 0 Å². The number of carbonyl (C=O) groups is 2. The van der Waals surface area contributed by atoms with Gasteiger partial charge in [-0.15, -0.1) is 0 Å². The van der Waals surface area contributed by atoms with Crippen LogP contribution in [0.25, 0.3) is 0 Å². The van der Waals surface area contributed by atoms with Crippen LogP contribution in [0.3, 0.4) is 0 Å². The van der Waals surface area contributed by atoms with E-state index in [4.69, 9.17) is 4.74 Å². The summed E-state index contributed by atoms with van der Waals surface area (Å²) in [7, 11) is 1.31. The van der Waals surface area contributed by atoms with Gasteiger partial charge in [-0.25, -0.2) is 9.78 Å². The summed E-state index contributed by atoms with van der Waals surface area (Å²) in [5.74, 6) is -0.780. The van der Waals surface area contributed by atoms with Crippen molar-refractivity contribution < 1.29 is 14.3 Å². The maximum atomic E-state index is 12.4. The van der Waals surface area contributed by atoms with Crippen LogP contribution < -0.4 is 5.32 Å². The zero-order chi connectivity index (χ0) is 17.6. The van der Waals surface area contributed by atoms with Gasteiger partial charge in [0, 0.05) is 24.5 Å². The second kappa shape index (κ2) is 7.44. The molecule has 0 bridgehead atoms. The van der Waals surface area contributed by atoms with Crippen LogP contribution in [0.4, 0.5) is 5.69 Å². The normalized spacial score (nSPS) is 10.3. The minimum Gasteiger partial charge on any atom is -0.465 e. The van der Waals surface area contributed by atoms with Crippen molar-refractivity contribution in [1.82, 2.24) is 9.55 Å². The smallest absolute Gasteiger partial charge is 0.339 e. The standard InChI is InChI=1S/C19H17N3O3/c1-25-19(24)16-4-2-3-5-17(16)21-18(23)15-8-6-14(7-9-15)12-22-11-10-20-13-22/h2-11,13H,12H2,1H3,(H,21,23). The number of nitrogens with zero attached hydrogens (tertiary/aromatic N) is 2. The zero-order valence-corrected chi connectivity index (χ0v) is 13.7. The van der Waals surface area contributed by atoms with Crippen LogP contribution in [0.15, 0.2) is 67.3 Å². The second-order valence-corrected chi connectivity index (χ2v) is 5.42. The molecule has 1 N–H and O–H groups in total. The molecule has 0 aliphatic rings. The summed E-state index contributed by atoms with van der Waals surface area (Å²) in [4.78, 5) is 28.2. The maximum absolute atomic E-state index is 12.4. The van der Waals surface area contributed by atoms with Crippen LogP contribution in [0.1, 0.15) is 26.3 Å². The molecule has 0 unspecified atom stereocenters. The molecule has 0 aliphatic carbocycles. The van der Waals surface area contributed by atoms with Gasteiger partial charge in [-0.3, -0.25) is 4.79 Å². The molecule has 25 heavy (non-hydrogen) atoms. The van der Waals surface area contributed by atoms with Crippen LogP contribution in [-0.2, 0) is 11.3 Å². The van der Waals surface area contributed by atoms with E-state index in [1.165, 1.54) is 7.11 Å². The number of para-hydroxylation sites is 1. The van der Waals surface area contributed by atoms with E-state index in [1.807, 2.05) is 22.9 Å². The molecule has 3 aromatic rings. The molecule has 0 radical (unpaired) electrons. The molecule has 0 saturated carbocycles. The fourth-order valence-corrected chi connectivity index (χ4v) is 2.43. The van der Waals surface area contributed by atoms with Crippen LogP contribution in [0.2, 0.25) is 0 Å². The number of aromatic nitrogens is 2. The average Bonchev–Trinajstić information content (AvgIpc) is 3.15. The highest BCUT2D eigenvalue weighted by atomic mass is 16.5. The number of hydrogen-bond acceptors (Lipinski definition) is 4. The first kappa shape index (κ1) is 16.4. The van der Waals surface area contributed by atoms with Gasteiger partial charge in [-0.2, -0.15) is 0 Å². The number of amides is 1. The number of rotatable bonds is 5. The number of carbonyl (C=O) groups excluding carboxylic acids is 2. The molecular formula is C19H17N3O3. The van der Waals surface area contributed by atoms with Crippen LogP contribution in [-0.4, -0.2) is 28.5 Å². The molecule has 0 atom stereocenters. The summed E-state index contributed by atoms with van der Waals surface area (Å²) in [6, 6.07) is 14.0. The van der Waals surface area contributed by atoms with Gasteiger partial charge in [0.15, 0.2) is 0 Å². The highest BCUT2D eigenvalue weighted by Gasteiger charge is 2.14. The monoisotopic (exact) mass is 335 g/mol. The Morgan fingerprint density at radius 3 is 2.56 bits per heavy atom. The molecule has 0 fully saturated rings. The predicted octanol–water partition coefficient (Wildman–Crippen LogP) is 2.97. The van der Waals surface area contributed by atoms with Crippen molar-refractivity contribution in [2.45, 2.75) is 6.54 Å². The van der Waals surface area contributed by atoms with Gasteiger partial charge < -0.3 is 14.6 Å². The molecule has 1 amide bonds. The summed E-state index contributed by atoms with van der Waals surface area (Å²) in [6.07, 6.45) is 5.34. The van der Waals surface area contributed by atoms with Gasteiger partial charge >= 0.3 is 5.97 Å². The summed E-state index contributed by atoms with van der Waals surface area (Å²) in [5.41, 5.74) is 2.30. The molecule has 3 rings (SSSR count). The van der Waals surface area contributed by atoms with E-state index in [0.717, 1.165) is 5.56 Å². The molecule has 2 aromatic carbocycles. The van der Waals surface area contributed by atoms with E-state index >= 15 is 0 Å².